The minimum absolute atomic E-state index is 0.331. The Morgan fingerprint density at radius 1 is 1.40 bits per heavy atom. The molecule has 0 fully saturated rings. The normalized spacial score (nSPS) is 10.3. The van der Waals surface area contributed by atoms with Crippen molar-refractivity contribution in [3.63, 3.8) is 0 Å². The summed E-state index contributed by atoms with van der Waals surface area (Å²) in [6, 6.07) is 0. The number of H-pyrrole nitrogens is 1. The lowest BCUT2D eigenvalue weighted by molar-refractivity contribution is 0.0524. The Kier molecular flexibility index (Phi) is 4.29. The molecule has 0 atom stereocenters. The third-order valence-corrected chi connectivity index (χ3v) is 2.85. The van der Waals surface area contributed by atoms with E-state index >= 15 is 0 Å². The number of aromatic amines is 1. The standard InChI is InChI=1S/C13H17N5O2/c1-4-20-12(19)11-7-15-13(17-9(11)3)14-5-10-6-16-18-8(10)2/h6-7H,4-5H2,1-3H3,(H,16,18)(H,14,15,17). The molecule has 7 heteroatoms. The number of aromatic nitrogens is 4. The van der Waals surface area contributed by atoms with E-state index in [1.807, 2.05) is 6.92 Å². The summed E-state index contributed by atoms with van der Waals surface area (Å²) in [6.07, 6.45) is 3.23. The van der Waals surface area contributed by atoms with Crippen molar-refractivity contribution in [3.8, 4) is 0 Å². The van der Waals surface area contributed by atoms with E-state index in [4.69, 9.17) is 4.74 Å². The first kappa shape index (κ1) is 14.0. The van der Waals surface area contributed by atoms with E-state index in [-0.39, 0.29) is 0 Å². The molecule has 0 aromatic carbocycles. The summed E-state index contributed by atoms with van der Waals surface area (Å²) in [5.41, 5.74) is 3.01. The van der Waals surface area contributed by atoms with Crippen LogP contribution < -0.4 is 5.32 Å². The molecule has 0 radical (unpaired) electrons. The first-order chi connectivity index (χ1) is 9.61. The van der Waals surface area contributed by atoms with Crippen molar-refractivity contribution in [1.82, 2.24) is 20.2 Å². The van der Waals surface area contributed by atoms with Gasteiger partial charge in [-0.3, -0.25) is 5.10 Å². The van der Waals surface area contributed by atoms with E-state index in [1.165, 1.54) is 6.20 Å². The zero-order valence-corrected chi connectivity index (χ0v) is 11.7. The van der Waals surface area contributed by atoms with Crippen molar-refractivity contribution in [2.75, 3.05) is 11.9 Å². The Balaban J connectivity index is 2.05. The Morgan fingerprint density at radius 2 is 2.20 bits per heavy atom. The van der Waals surface area contributed by atoms with Crippen LogP contribution in [0.3, 0.4) is 0 Å². The third-order valence-electron chi connectivity index (χ3n) is 2.85. The molecular formula is C13H17N5O2. The molecule has 0 aliphatic rings. The molecule has 2 rings (SSSR count). The quantitative estimate of drug-likeness (QED) is 0.805. The van der Waals surface area contributed by atoms with Crippen LogP contribution in [0.4, 0.5) is 5.95 Å². The first-order valence-electron chi connectivity index (χ1n) is 6.35. The van der Waals surface area contributed by atoms with Gasteiger partial charge in [0, 0.05) is 24.0 Å². The van der Waals surface area contributed by atoms with Crippen LogP contribution in [0.15, 0.2) is 12.4 Å². The van der Waals surface area contributed by atoms with Crippen molar-refractivity contribution in [2.24, 2.45) is 0 Å². The van der Waals surface area contributed by atoms with Gasteiger partial charge < -0.3 is 10.1 Å². The topological polar surface area (TPSA) is 92.8 Å². The lowest BCUT2D eigenvalue weighted by atomic mass is 10.2. The van der Waals surface area contributed by atoms with E-state index in [0.717, 1.165) is 11.3 Å². The smallest absolute Gasteiger partial charge is 0.341 e. The molecule has 2 N–H and O–H groups in total. The highest BCUT2D eigenvalue weighted by atomic mass is 16.5. The molecule has 7 nitrogen and oxygen atoms in total. The highest BCUT2D eigenvalue weighted by molar-refractivity contribution is 5.90. The van der Waals surface area contributed by atoms with E-state index in [1.54, 1.807) is 20.0 Å². The Labute approximate surface area is 116 Å². The molecule has 0 saturated carbocycles. The Hall–Kier alpha value is -2.44. The number of rotatable bonds is 5. The summed E-state index contributed by atoms with van der Waals surface area (Å²) in [7, 11) is 0. The van der Waals surface area contributed by atoms with Crippen molar-refractivity contribution in [2.45, 2.75) is 27.3 Å². The second-order valence-corrected chi connectivity index (χ2v) is 4.29. The number of nitrogens with zero attached hydrogens (tertiary/aromatic N) is 3. The van der Waals surface area contributed by atoms with Gasteiger partial charge in [-0.2, -0.15) is 5.10 Å². The lowest BCUT2D eigenvalue weighted by Gasteiger charge is -2.07. The monoisotopic (exact) mass is 275 g/mol. The Morgan fingerprint density at radius 3 is 2.80 bits per heavy atom. The molecule has 20 heavy (non-hydrogen) atoms. The van der Waals surface area contributed by atoms with Gasteiger partial charge in [-0.1, -0.05) is 0 Å². The van der Waals surface area contributed by atoms with Crippen LogP contribution in [-0.2, 0) is 11.3 Å². The highest BCUT2D eigenvalue weighted by Crippen LogP contribution is 2.10. The maximum Gasteiger partial charge on any atom is 0.341 e. The third kappa shape index (κ3) is 3.11. The molecule has 2 aromatic heterocycles. The van der Waals surface area contributed by atoms with Crippen LogP contribution in [0, 0.1) is 13.8 Å². The molecule has 2 aromatic rings. The zero-order chi connectivity index (χ0) is 14.5. The van der Waals surface area contributed by atoms with Gasteiger partial charge in [0.1, 0.15) is 0 Å². The molecule has 0 unspecified atom stereocenters. The van der Waals surface area contributed by atoms with Gasteiger partial charge in [0.2, 0.25) is 5.95 Å². The number of esters is 1. The van der Waals surface area contributed by atoms with E-state index in [9.17, 15) is 4.79 Å². The molecular weight excluding hydrogens is 258 g/mol. The maximum atomic E-state index is 11.6. The van der Waals surface area contributed by atoms with Crippen molar-refractivity contribution >= 4 is 11.9 Å². The van der Waals surface area contributed by atoms with Crippen LogP contribution >= 0.6 is 0 Å². The molecule has 0 spiro atoms. The summed E-state index contributed by atoms with van der Waals surface area (Å²) in [5.74, 6) is 0.0679. The number of aryl methyl sites for hydroxylation is 2. The molecule has 106 valence electrons. The molecule has 0 aliphatic carbocycles. The van der Waals surface area contributed by atoms with Gasteiger partial charge in [-0.05, 0) is 20.8 Å². The summed E-state index contributed by atoms with van der Waals surface area (Å²) in [5, 5.41) is 9.90. The number of hydrogen-bond donors (Lipinski definition) is 2. The minimum Gasteiger partial charge on any atom is -0.462 e. The van der Waals surface area contributed by atoms with Gasteiger partial charge >= 0.3 is 5.97 Å². The van der Waals surface area contributed by atoms with Gasteiger partial charge in [0.15, 0.2) is 0 Å². The number of carbonyl (C=O) groups excluding carboxylic acids is 1. The largest absolute Gasteiger partial charge is 0.462 e. The average Bonchev–Trinajstić information content (AvgIpc) is 2.82. The van der Waals surface area contributed by atoms with Crippen LogP contribution in [0.25, 0.3) is 0 Å². The fraction of sp³-hybridized carbons (Fsp3) is 0.385. The number of nitrogens with one attached hydrogen (secondary N) is 2. The van der Waals surface area contributed by atoms with Gasteiger partial charge in [0.25, 0.3) is 0 Å². The van der Waals surface area contributed by atoms with Crippen molar-refractivity contribution < 1.29 is 9.53 Å². The molecule has 0 amide bonds. The Bertz CT molecular complexity index is 609. The summed E-state index contributed by atoms with van der Waals surface area (Å²) in [6.45, 7) is 6.36. The van der Waals surface area contributed by atoms with Crippen molar-refractivity contribution in [1.29, 1.82) is 0 Å². The average molecular weight is 275 g/mol. The van der Waals surface area contributed by atoms with Gasteiger partial charge in [0.05, 0.1) is 24.1 Å². The first-order valence-corrected chi connectivity index (χ1v) is 6.35. The second kappa shape index (κ2) is 6.14. The van der Waals surface area contributed by atoms with Crippen LogP contribution in [-0.4, -0.2) is 32.7 Å². The summed E-state index contributed by atoms with van der Waals surface area (Å²) < 4.78 is 4.93. The van der Waals surface area contributed by atoms with Crippen LogP contribution in [0.2, 0.25) is 0 Å². The van der Waals surface area contributed by atoms with Crippen LogP contribution in [0.1, 0.15) is 34.2 Å². The van der Waals surface area contributed by atoms with Gasteiger partial charge in [-0.25, -0.2) is 14.8 Å². The number of hydrogen-bond acceptors (Lipinski definition) is 6. The maximum absolute atomic E-state index is 11.6. The van der Waals surface area contributed by atoms with Crippen molar-refractivity contribution in [3.05, 3.63) is 34.9 Å². The minimum atomic E-state index is -0.401. The van der Waals surface area contributed by atoms with E-state index in [0.29, 0.717) is 30.4 Å². The fourth-order valence-corrected chi connectivity index (χ4v) is 1.69. The van der Waals surface area contributed by atoms with E-state index in [2.05, 4.69) is 25.5 Å². The fourth-order valence-electron chi connectivity index (χ4n) is 1.69. The number of ether oxygens (including phenoxy) is 1. The molecule has 0 saturated heterocycles. The SMILES string of the molecule is CCOC(=O)c1cnc(NCc2cn[nH]c2C)nc1C. The predicted octanol–water partition coefficient (Wildman–Crippen LogP) is 1.61. The molecule has 2 heterocycles. The second-order valence-electron chi connectivity index (χ2n) is 4.29. The number of carbonyl (C=O) groups is 1. The number of anilines is 1. The van der Waals surface area contributed by atoms with Crippen LogP contribution in [0.5, 0.6) is 0 Å². The summed E-state index contributed by atoms with van der Waals surface area (Å²) >= 11 is 0. The lowest BCUT2D eigenvalue weighted by Crippen LogP contribution is -2.11. The zero-order valence-electron chi connectivity index (χ0n) is 11.7. The molecule has 0 bridgehead atoms. The highest BCUT2D eigenvalue weighted by Gasteiger charge is 2.12. The molecule has 0 aliphatic heterocycles. The predicted molar refractivity (Wildman–Crippen MR) is 73.4 cm³/mol. The summed E-state index contributed by atoms with van der Waals surface area (Å²) in [4.78, 5) is 20.0. The van der Waals surface area contributed by atoms with E-state index < -0.39 is 5.97 Å². The van der Waals surface area contributed by atoms with Gasteiger partial charge in [-0.15, -0.1) is 0 Å².